The van der Waals surface area contributed by atoms with Gasteiger partial charge in [-0.3, -0.25) is 14.6 Å². The molecule has 0 aliphatic heterocycles. The summed E-state index contributed by atoms with van der Waals surface area (Å²) in [4.78, 5) is 27.6. The minimum atomic E-state index is -0.192. The Morgan fingerprint density at radius 1 is 0.897 bits per heavy atom. The molecule has 2 aromatic carbocycles. The van der Waals surface area contributed by atoms with Gasteiger partial charge in [0.25, 0.3) is 5.91 Å². The van der Waals surface area contributed by atoms with Crippen LogP contribution in [0.5, 0.6) is 0 Å². The molecule has 29 heavy (non-hydrogen) atoms. The number of aryl methyl sites for hydroxylation is 1. The standard InChI is InChI=1S/C23H24N4O2/c1-17(28)26-19-9-11-20(12-10-19)27-21-13-15-24-22(16-21)23(29)25-14-5-8-18-6-3-2-4-7-18/h2-4,6-7,9-13,15-16H,5,8,14H2,1H3,(H,24,27)(H,25,29)(H,26,28). The van der Waals surface area contributed by atoms with E-state index in [2.05, 4.69) is 33.1 Å². The summed E-state index contributed by atoms with van der Waals surface area (Å²) < 4.78 is 0. The monoisotopic (exact) mass is 388 g/mol. The van der Waals surface area contributed by atoms with Gasteiger partial charge in [-0.2, -0.15) is 0 Å². The fourth-order valence-corrected chi connectivity index (χ4v) is 2.87. The predicted octanol–water partition coefficient (Wildman–Crippen LogP) is 4.15. The molecule has 0 fully saturated rings. The average molecular weight is 388 g/mol. The lowest BCUT2D eigenvalue weighted by atomic mass is 10.1. The van der Waals surface area contributed by atoms with Gasteiger partial charge >= 0.3 is 0 Å². The molecule has 6 heteroatoms. The number of benzene rings is 2. The van der Waals surface area contributed by atoms with Crippen molar-refractivity contribution in [3.05, 3.63) is 84.2 Å². The number of hydrogen-bond donors (Lipinski definition) is 3. The molecule has 3 rings (SSSR count). The first-order chi connectivity index (χ1) is 14.1. The number of nitrogens with zero attached hydrogens (tertiary/aromatic N) is 1. The highest BCUT2D eigenvalue weighted by Crippen LogP contribution is 2.19. The molecule has 0 saturated heterocycles. The first kappa shape index (κ1) is 20.1. The molecule has 0 radical (unpaired) electrons. The zero-order valence-electron chi connectivity index (χ0n) is 16.3. The molecule has 148 valence electrons. The highest BCUT2D eigenvalue weighted by Gasteiger charge is 2.08. The zero-order chi connectivity index (χ0) is 20.5. The van der Waals surface area contributed by atoms with E-state index in [1.165, 1.54) is 12.5 Å². The Kier molecular flexibility index (Phi) is 6.95. The predicted molar refractivity (Wildman–Crippen MR) is 115 cm³/mol. The minimum absolute atomic E-state index is 0.112. The maximum Gasteiger partial charge on any atom is 0.269 e. The van der Waals surface area contributed by atoms with Crippen molar-refractivity contribution in [3.63, 3.8) is 0 Å². The highest BCUT2D eigenvalue weighted by molar-refractivity contribution is 5.93. The maximum atomic E-state index is 12.4. The van der Waals surface area contributed by atoms with Gasteiger partial charge in [0.1, 0.15) is 5.69 Å². The smallest absolute Gasteiger partial charge is 0.269 e. The molecule has 0 unspecified atom stereocenters. The van der Waals surface area contributed by atoms with E-state index in [-0.39, 0.29) is 11.8 Å². The molecule has 2 amide bonds. The second-order valence-electron chi connectivity index (χ2n) is 6.66. The van der Waals surface area contributed by atoms with Crippen LogP contribution in [-0.4, -0.2) is 23.3 Å². The van der Waals surface area contributed by atoms with Crippen LogP contribution in [0.25, 0.3) is 0 Å². The lowest BCUT2D eigenvalue weighted by molar-refractivity contribution is -0.114. The molecule has 0 bridgehead atoms. The first-order valence-electron chi connectivity index (χ1n) is 9.53. The number of amides is 2. The van der Waals surface area contributed by atoms with E-state index in [4.69, 9.17) is 0 Å². The van der Waals surface area contributed by atoms with Gasteiger partial charge in [0.2, 0.25) is 5.91 Å². The van der Waals surface area contributed by atoms with Gasteiger partial charge in [-0.15, -0.1) is 0 Å². The Morgan fingerprint density at radius 3 is 2.34 bits per heavy atom. The summed E-state index contributed by atoms with van der Waals surface area (Å²) in [5.74, 6) is -0.304. The van der Waals surface area contributed by atoms with Crippen molar-refractivity contribution in [2.24, 2.45) is 0 Å². The van der Waals surface area contributed by atoms with E-state index in [1.807, 2.05) is 42.5 Å². The number of pyridine rings is 1. The Bertz CT molecular complexity index is 956. The van der Waals surface area contributed by atoms with Gasteiger partial charge < -0.3 is 16.0 Å². The molecular weight excluding hydrogens is 364 g/mol. The third kappa shape index (κ3) is 6.46. The lowest BCUT2D eigenvalue weighted by Crippen LogP contribution is -2.25. The summed E-state index contributed by atoms with van der Waals surface area (Å²) >= 11 is 0. The molecule has 0 saturated carbocycles. The minimum Gasteiger partial charge on any atom is -0.355 e. The van der Waals surface area contributed by atoms with Gasteiger partial charge in [-0.1, -0.05) is 30.3 Å². The van der Waals surface area contributed by atoms with E-state index in [0.717, 1.165) is 29.9 Å². The fraction of sp³-hybridized carbons (Fsp3) is 0.174. The molecule has 0 spiro atoms. The van der Waals surface area contributed by atoms with Crippen molar-refractivity contribution in [2.45, 2.75) is 19.8 Å². The van der Waals surface area contributed by atoms with E-state index in [9.17, 15) is 9.59 Å². The van der Waals surface area contributed by atoms with Crippen LogP contribution >= 0.6 is 0 Å². The number of hydrogen-bond acceptors (Lipinski definition) is 4. The Hall–Kier alpha value is -3.67. The van der Waals surface area contributed by atoms with Crippen LogP contribution in [0.4, 0.5) is 17.1 Å². The largest absolute Gasteiger partial charge is 0.355 e. The number of anilines is 3. The molecule has 0 atom stereocenters. The Morgan fingerprint density at radius 2 is 1.62 bits per heavy atom. The van der Waals surface area contributed by atoms with Crippen LogP contribution in [0.1, 0.15) is 29.4 Å². The van der Waals surface area contributed by atoms with Crippen molar-refractivity contribution in [3.8, 4) is 0 Å². The van der Waals surface area contributed by atoms with Crippen molar-refractivity contribution in [1.82, 2.24) is 10.3 Å². The SMILES string of the molecule is CC(=O)Nc1ccc(Nc2ccnc(C(=O)NCCCc3ccccc3)c2)cc1. The molecule has 3 aromatic rings. The van der Waals surface area contributed by atoms with E-state index in [1.54, 1.807) is 18.3 Å². The summed E-state index contributed by atoms with van der Waals surface area (Å²) in [5.41, 5.74) is 3.97. The van der Waals surface area contributed by atoms with Crippen LogP contribution in [0.3, 0.4) is 0 Å². The van der Waals surface area contributed by atoms with Crippen LogP contribution in [-0.2, 0) is 11.2 Å². The number of carbonyl (C=O) groups is 2. The summed E-state index contributed by atoms with van der Waals surface area (Å²) in [6.45, 7) is 2.06. The van der Waals surface area contributed by atoms with Gasteiger partial charge in [-0.05, 0) is 54.8 Å². The molecule has 3 N–H and O–H groups in total. The van der Waals surface area contributed by atoms with E-state index in [0.29, 0.717) is 12.2 Å². The van der Waals surface area contributed by atoms with Gasteiger partial charge in [0.05, 0.1) is 0 Å². The number of carbonyl (C=O) groups excluding carboxylic acids is 2. The maximum absolute atomic E-state index is 12.4. The normalized spacial score (nSPS) is 10.2. The molecule has 6 nitrogen and oxygen atoms in total. The third-order valence-corrected chi connectivity index (χ3v) is 4.26. The molecule has 0 aliphatic carbocycles. The highest BCUT2D eigenvalue weighted by atomic mass is 16.2. The van der Waals surface area contributed by atoms with Crippen molar-refractivity contribution < 1.29 is 9.59 Å². The Balaban J connectivity index is 1.51. The quantitative estimate of drug-likeness (QED) is 0.506. The molecule has 0 aliphatic rings. The van der Waals surface area contributed by atoms with Gasteiger partial charge in [0, 0.05) is 36.7 Å². The van der Waals surface area contributed by atoms with Crippen molar-refractivity contribution in [2.75, 3.05) is 17.2 Å². The summed E-state index contributed by atoms with van der Waals surface area (Å²) in [6.07, 6.45) is 3.39. The summed E-state index contributed by atoms with van der Waals surface area (Å²) in [5, 5.41) is 8.88. The third-order valence-electron chi connectivity index (χ3n) is 4.26. The average Bonchev–Trinajstić information content (AvgIpc) is 2.73. The molecular formula is C23H24N4O2. The summed E-state index contributed by atoms with van der Waals surface area (Å²) in [7, 11) is 0. The van der Waals surface area contributed by atoms with Gasteiger partial charge in [0.15, 0.2) is 0 Å². The van der Waals surface area contributed by atoms with Crippen molar-refractivity contribution >= 4 is 28.9 Å². The second-order valence-corrected chi connectivity index (χ2v) is 6.66. The fourth-order valence-electron chi connectivity index (χ4n) is 2.87. The van der Waals surface area contributed by atoms with E-state index >= 15 is 0 Å². The second kappa shape index (κ2) is 10.0. The molecule has 1 heterocycles. The topological polar surface area (TPSA) is 83.1 Å². The van der Waals surface area contributed by atoms with Crippen LogP contribution in [0.2, 0.25) is 0 Å². The van der Waals surface area contributed by atoms with Crippen LogP contribution in [0.15, 0.2) is 72.9 Å². The van der Waals surface area contributed by atoms with Crippen LogP contribution in [0, 0.1) is 0 Å². The molecule has 1 aromatic heterocycles. The van der Waals surface area contributed by atoms with Crippen LogP contribution < -0.4 is 16.0 Å². The summed E-state index contributed by atoms with van der Waals surface area (Å²) in [6, 6.07) is 21.0. The van der Waals surface area contributed by atoms with Gasteiger partial charge in [-0.25, -0.2) is 0 Å². The number of rotatable bonds is 8. The van der Waals surface area contributed by atoms with Crippen molar-refractivity contribution in [1.29, 1.82) is 0 Å². The number of nitrogens with one attached hydrogen (secondary N) is 3. The lowest BCUT2D eigenvalue weighted by Gasteiger charge is -2.09. The zero-order valence-corrected chi connectivity index (χ0v) is 16.3. The van der Waals surface area contributed by atoms with E-state index < -0.39 is 0 Å². The number of aromatic nitrogens is 1. The Labute approximate surface area is 170 Å². The first-order valence-corrected chi connectivity index (χ1v) is 9.53.